The molecule has 1 saturated heterocycles. The van der Waals surface area contributed by atoms with Crippen molar-refractivity contribution in [2.75, 3.05) is 13.1 Å². The van der Waals surface area contributed by atoms with Gasteiger partial charge in [0, 0.05) is 62.6 Å². The zero-order valence-corrected chi connectivity index (χ0v) is 41.1. The lowest BCUT2D eigenvalue weighted by Crippen LogP contribution is -2.61. The van der Waals surface area contributed by atoms with E-state index in [1.807, 2.05) is 24.3 Å². The fourth-order valence-electron chi connectivity index (χ4n) is 8.25. The van der Waals surface area contributed by atoms with Gasteiger partial charge in [0.15, 0.2) is 5.96 Å². The molecule has 73 heavy (non-hydrogen) atoms. The van der Waals surface area contributed by atoms with Crippen molar-refractivity contribution in [1.82, 2.24) is 62.8 Å². The summed E-state index contributed by atoms with van der Waals surface area (Å²) in [5.74, 6) is -7.88. The first-order valence-corrected chi connectivity index (χ1v) is 24.2. The number of H-pyrrole nitrogens is 2. The summed E-state index contributed by atoms with van der Waals surface area (Å²) in [5.41, 5.74) is 13.6. The van der Waals surface area contributed by atoms with Gasteiger partial charge in [-0.25, -0.2) is 4.98 Å². The topological polar surface area (TPSA) is 382 Å². The molecule has 7 atom stereocenters. The molecule has 1 fully saturated rings. The van der Waals surface area contributed by atoms with Crippen LogP contribution in [-0.2, 0) is 62.4 Å². The maximum Gasteiger partial charge on any atom is 0.243 e. The van der Waals surface area contributed by atoms with Gasteiger partial charge < -0.3 is 69.3 Å². The van der Waals surface area contributed by atoms with Crippen molar-refractivity contribution >= 4 is 70.0 Å². The third-order valence-electron chi connectivity index (χ3n) is 12.1. The number of imidazole rings is 1. The van der Waals surface area contributed by atoms with Crippen molar-refractivity contribution in [3.8, 4) is 0 Å². The van der Waals surface area contributed by atoms with Gasteiger partial charge in [0.2, 0.25) is 53.2 Å². The average Bonchev–Trinajstić information content (AvgIpc) is 4.02. The lowest BCUT2D eigenvalue weighted by molar-refractivity contribution is -0.136. The van der Waals surface area contributed by atoms with Crippen LogP contribution in [-0.4, -0.2) is 129 Å². The number of primary amides is 1. The van der Waals surface area contributed by atoms with Gasteiger partial charge in [-0.1, -0.05) is 62.4 Å². The molecular formula is C49H67N15O9. The van der Waals surface area contributed by atoms with Crippen molar-refractivity contribution < 1.29 is 43.2 Å². The van der Waals surface area contributed by atoms with E-state index in [2.05, 4.69) is 62.8 Å². The van der Waals surface area contributed by atoms with Gasteiger partial charge in [-0.3, -0.25) is 48.6 Å². The van der Waals surface area contributed by atoms with E-state index in [9.17, 15) is 43.2 Å². The first-order chi connectivity index (χ1) is 34.9. The molecule has 0 saturated carbocycles. The van der Waals surface area contributed by atoms with Gasteiger partial charge in [0.1, 0.15) is 42.3 Å². The summed E-state index contributed by atoms with van der Waals surface area (Å²) in [7, 11) is 0. The van der Waals surface area contributed by atoms with Crippen LogP contribution in [0.15, 0.2) is 73.3 Å². The van der Waals surface area contributed by atoms with Crippen LogP contribution in [0.25, 0.3) is 10.9 Å². The zero-order valence-electron chi connectivity index (χ0n) is 41.1. The summed E-state index contributed by atoms with van der Waals surface area (Å²) >= 11 is 0. The van der Waals surface area contributed by atoms with Crippen LogP contribution in [0.5, 0.6) is 0 Å². The van der Waals surface area contributed by atoms with Gasteiger partial charge in [0.25, 0.3) is 0 Å². The van der Waals surface area contributed by atoms with Crippen molar-refractivity contribution in [2.45, 2.75) is 121 Å². The van der Waals surface area contributed by atoms with Crippen molar-refractivity contribution in [2.24, 2.45) is 17.4 Å². The van der Waals surface area contributed by atoms with Gasteiger partial charge >= 0.3 is 0 Å². The number of hydrogen-bond acceptors (Lipinski definition) is 11. The molecule has 392 valence electrons. The first kappa shape index (κ1) is 55.6. The Morgan fingerprint density at radius 1 is 0.781 bits per heavy atom. The number of benzene rings is 2. The minimum absolute atomic E-state index is 0.0262. The quantitative estimate of drug-likeness (QED) is 0.0365. The van der Waals surface area contributed by atoms with Gasteiger partial charge in [-0.15, -0.1) is 0 Å². The van der Waals surface area contributed by atoms with Crippen LogP contribution in [0.1, 0.15) is 76.1 Å². The lowest BCUT2D eigenvalue weighted by atomic mass is 9.99. The average molecular weight is 1010 g/mol. The second kappa shape index (κ2) is 27.3. The molecule has 1 unspecified atom stereocenters. The summed E-state index contributed by atoms with van der Waals surface area (Å²) < 4.78 is 0. The predicted octanol–water partition coefficient (Wildman–Crippen LogP) is -1.57. The number of nitrogens with zero attached hydrogens (tertiary/aromatic N) is 1. The Morgan fingerprint density at radius 2 is 1.44 bits per heavy atom. The van der Waals surface area contributed by atoms with E-state index in [0.29, 0.717) is 16.8 Å². The Balaban J connectivity index is 1.51. The van der Waals surface area contributed by atoms with Crippen LogP contribution in [0.2, 0.25) is 0 Å². The zero-order chi connectivity index (χ0) is 53.0. The Hall–Kier alpha value is -8.31. The van der Waals surface area contributed by atoms with E-state index in [0.717, 1.165) is 10.9 Å². The number of hydrogen-bond donors (Lipinski definition) is 14. The molecule has 0 radical (unpaired) electrons. The molecule has 1 aliphatic heterocycles. The molecule has 0 spiro atoms. The second-order valence-corrected chi connectivity index (χ2v) is 18.2. The number of carbonyl (C=O) groups is 9. The molecule has 16 N–H and O–H groups in total. The van der Waals surface area contributed by atoms with E-state index in [-0.39, 0.29) is 70.4 Å². The largest absolute Gasteiger partial charge is 0.370 e. The van der Waals surface area contributed by atoms with E-state index in [1.54, 1.807) is 50.4 Å². The molecule has 5 rings (SSSR count). The van der Waals surface area contributed by atoms with Crippen LogP contribution in [0.3, 0.4) is 0 Å². The van der Waals surface area contributed by atoms with Crippen molar-refractivity contribution in [1.29, 1.82) is 5.41 Å². The number of carbonyl (C=O) groups excluding carboxylic acids is 9. The van der Waals surface area contributed by atoms with E-state index in [4.69, 9.17) is 16.9 Å². The summed E-state index contributed by atoms with van der Waals surface area (Å²) in [6.45, 7) is 4.79. The number of rotatable bonds is 15. The fourth-order valence-corrected chi connectivity index (χ4v) is 8.25. The monoisotopic (exact) mass is 1010 g/mol. The molecule has 24 nitrogen and oxygen atoms in total. The number of aromatic nitrogens is 3. The van der Waals surface area contributed by atoms with Gasteiger partial charge in [-0.05, 0) is 55.2 Å². The summed E-state index contributed by atoms with van der Waals surface area (Å²) in [5, 5.41) is 32.3. The summed E-state index contributed by atoms with van der Waals surface area (Å²) in [4.78, 5) is 135. The van der Waals surface area contributed by atoms with Gasteiger partial charge in [-0.2, -0.15) is 0 Å². The molecule has 9 amide bonds. The number of para-hydroxylation sites is 1. The third-order valence-corrected chi connectivity index (χ3v) is 12.1. The van der Waals surface area contributed by atoms with Crippen molar-refractivity contribution in [3.05, 3.63) is 90.1 Å². The number of nitrogens with two attached hydrogens (primary N) is 2. The normalized spacial score (nSPS) is 21.5. The Labute approximate surface area is 421 Å². The highest BCUT2D eigenvalue weighted by molar-refractivity contribution is 5.99. The minimum atomic E-state index is -1.63. The number of aromatic amines is 2. The standard InChI is InChI=1S/C49H67N15O9/c1-27(2)41-48(73)63-37(21-30-24-56-33-15-8-7-14-32(30)33)44(69)59-34(42(50)67)16-9-10-18-54-40(66)23-39(62-43(68)35(58-28(3)65)17-11-19-55-49(51)52)46(71)61-38(22-31-25-53-26-57-31)45(70)60-36(47(72)64-41)20-29-12-5-4-6-13-29/h4-8,12-15,24-27,34-39,41,56H,9-11,16-23H2,1-3H3,(H2,50,67)(H,53,57)(H,54,66)(H,58,65)(H,59,69)(H,60,70)(H,61,71)(H,62,68)(H,63,73)(H,64,72)(H4,51,52,55)/t34-,35-,36+,37-,38-,39-,41?/m0/s1. The maximum atomic E-state index is 14.6. The second-order valence-electron chi connectivity index (χ2n) is 18.2. The van der Waals surface area contributed by atoms with E-state index >= 15 is 0 Å². The highest BCUT2D eigenvalue weighted by Gasteiger charge is 2.36. The lowest BCUT2D eigenvalue weighted by Gasteiger charge is -2.29. The molecule has 3 heterocycles. The SMILES string of the molecule is CC(=O)N[C@@H](CCCNC(=N)N)C(=O)N[C@H]1CC(=O)NCCCC[C@@H](C(N)=O)NC(=O)[C@H](Cc2c[nH]c3ccccc23)NC(=O)C(C(C)C)NC(=O)[C@@H](Cc2ccccc2)NC(=O)[C@H](Cc2c[nH]cn2)NC1=O. The first-order valence-electron chi connectivity index (χ1n) is 24.2. The highest BCUT2D eigenvalue weighted by atomic mass is 16.2. The van der Waals surface area contributed by atoms with Crippen LogP contribution < -0.4 is 59.3 Å². The number of nitrogens with one attached hydrogen (secondary N) is 12. The molecule has 0 bridgehead atoms. The maximum absolute atomic E-state index is 14.6. The molecular weight excluding hydrogens is 943 g/mol. The number of guanidine groups is 1. The highest BCUT2D eigenvalue weighted by Crippen LogP contribution is 2.20. The minimum Gasteiger partial charge on any atom is -0.370 e. The van der Waals surface area contributed by atoms with Crippen molar-refractivity contribution in [3.63, 3.8) is 0 Å². The molecule has 0 aliphatic carbocycles. The fraction of sp³-hybridized carbons (Fsp3) is 0.449. The predicted molar refractivity (Wildman–Crippen MR) is 268 cm³/mol. The van der Waals surface area contributed by atoms with Gasteiger partial charge in [0.05, 0.1) is 18.4 Å². The Bertz CT molecular complexity index is 2570. The third kappa shape index (κ3) is 17.5. The smallest absolute Gasteiger partial charge is 0.243 e. The van der Waals surface area contributed by atoms with Crippen LogP contribution >= 0.6 is 0 Å². The summed E-state index contributed by atoms with van der Waals surface area (Å²) in [6.07, 6.45) is 4.47. The van der Waals surface area contributed by atoms with E-state index < -0.39 is 108 Å². The molecule has 24 heteroatoms. The van der Waals surface area contributed by atoms with Crippen LogP contribution in [0, 0.1) is 11.3 Å². The number of fused-ring (bicyclic) bond motifs is 1. The van der Waals surface area contributed by atoms with E-state index in [1.165, 1.54) is 19.4 Å². The Kier molecular flexibility index (Phi) is 20.8. The molecule has 4 aromatic rings. The molecule has 2 aromatic heterocycles. The summed E-state index contributed by atoms with van der Waals surface area (Å²) in [6, 6.07) is 6.69. The Morgan fingerprint density at radius 3 is 2.12 bits per heavy atom. The number of amides is 9. The molecule has 2 aromatic carbocycles. The molecule has 1 aliphatic rings. The van der Waals surface area contributed by atoms with Crippen LogP contribution in [0.4, 0.5) is 0 Å².